The monoisotopic (exact) mass is 783 g/mol. The lowest BCUT2D eigenvalue weighted by molar-refractivity contribution is -0.0193. The van der Waals surface area contributed by atoms with Crippen molar-refractivity contribution in [2.24, 2.45) is 29.1 Å². The van der Waals surface area contributed by atoms with Crippen molar-refractivity contribution in [2.45, 2.75) is 56.8 Å². The average molecular weight is 784 g/mol. The molecule has 8 aromatic rings. The Morgan fingerprint density at radius 3 is 1.85 bits per heavy atom. The van der Waals surface area contributed by atoms with E-state index in [1.54, 1.807) is 11.1 Å². The second kappa shape index (κ2) is 12.0. The van der Waals surface area contributed by atoms with Gasteiger partial charge in [-0.1, -0.05) is 153 Å². The Morgan fingerprint density at radius 2 is 1.03 bits per heavy atom. The molecule has 6 unspecified atom stereocenters. The maximum Gasteiger partial charge on any atom is 0.0465 e. The van der Waals surface area contributed by atoms with Gasteiger partial charge in [-0.3, -0.25) is 0 Å². The molecule has 1 nitrogen and oxygen atoms in total. The molecule has 0 aliphatic heterocycles. The van der Waals surface area contributed by atoms with Crippen LogP contribution in [0.5, 0.6) is 0 Å². The summed E-state index contributed by atoms with van der Waals surface area (Å²) in [6, 6.07) is 67.2. The molecule has 0 N–H and O–H groups in total. The Balaban J connectivity index is 0.893. The molecule has 0 heterocycles. The van der Waals surface area contributed by atoms with Crippen LogP contribution in [0, 0.1) is 29.1 Å². The normalized spacial score (nSPS) is 26.1. The molecule has 0 saturated heterocycles. The fraction of sp³-hybridized carbons (Fsp3) is 0.233. The van der Waals surface area contributed by atoms with Gasteiger partial charge in [0.15, 0.2) is 0 Å². The molecule has 61 heavy (non-hydrogen) atoms. The zero-order valence-corrected chi connectivity index (χ0v) is 35.0. The summed E-state index contributed by atoms with van der Waals surface area (Å²) in [5.41, 5.74) is 21.2. The Hall–Kier alpha value is -6.18. The minimum Gasteiger partial charge on any atom is -0.310 e. The summed E-state index contributed by atoms with van der Waals surface area (Å²) in [4.78, 5) is 2.47. The molecule has 294 valence electrons. The molecule has 6 aliphatic carbocycles. The molecule has 6 atom stereocenters. The van der Waals surface area contributed by atoms with Crippen LogP contribution in [0.4, 0.5) is 17.1 Å². The second-order valence-corrected chi connectivity index (χ2v) is 20.2. The van der Waals surface area contributed by atoms with Crippen molar-refractivity contribution < 1.29 is 0 Å². The van der Waals surface area contributed by atoms with Crippen LogP contribution in [-0.2, 0) is 10.8 Å². The van der Waals surface area contributed by atoms with Crippen LogP contribution in [0.15, 0.2) is 176 Å². The third-order valence-electron chi connectivity index (χ3n) is 17.4. The van der Waals surface area contributed by atoms with E-state index in [-0.39, 0.29) is 10.8 Å². The van der Waals surface area contributed by atoms with Crippen LogP contribution in [0.25, 0.3) is 55.3 Å². The molecule has 8 aromatic carbocycles. The summed E-state index contributed by atoms with van der Waals surface area (Å²) < 4.78 is 0. The Bertz CT molecular complexity index is 3130. The zero-order valence-electron chi connectivity index (χ0n) is 35.0. The van der Waals surface area contributed by atoms with Crippen LogP contribution in [-0.4, -0.2) is 0 Å². The van der Waals surface area contributed by atoms with Gasteiger partial charge in [0.05, 0.1) is 0 Å². The van der Waals surface area contributed by atoms with Gasteiger partial charge in [0.25, 0.3) is 0 Å². The smallest absolute Gasteiger partial charge is 0.0465 e. The highest BCUT2D eigenvalue weighted by molar-refractivity contribution is 5.97. The van der Waals surface area contributed by atoms with Crippen molar-refractivity contribution in [3.8, 4) is 44.5 Å². The van der Waals surface area contributed by atoms with Crippen molar-refractivity contribution >= 4 is 27.8 Å². The predicted molar refractivity (Wildman–Crippen MR) is 253 cm³/mol. The Morgan fingerprint density at radius 1 is 0.443 bits per heavy atom. The highest BCUT2D eigenvalue weighted by Crippen LogP contribution is 2.83. The van der Waals surface area contributed by atoms with E-state index in [9.17, 15) is 0 Å². The Kier molecular flexibility index (Phi) is 6.80. The highest BCUT2D eigenvalue weighted by Gasteiger charge is 2.76. The number of anilines is 3. The standard InChI is InChI=1S/C60H49N/c1-58(2)52-18-7-5-14-49(52)50-30-29-45(34-55(50)58)61(43-25-21-39(22-26-43)47-16-9-12-38-11-3-4-13-46(38)47)44-27-23-40(24-28-44)48-17-10-20-54-57(48)51-15-6-8-19-53(51)60(54)42-32-37-31-41-33-56(60)59(41,35-37)36-42/h3-30,34,37,41-42,56H,31-33,35-36H2,1-2H3. The summed E-state index contributed by atoms with van der Waals surface area (Å²) in [6.45, 7) is 4.76. The van der Waals surface area contributed by atoms with Gasteiger partial charge in [-0.05, 0) is 175 Å². The van der Waals surface area contributed by atoms with Crippen LogP contribution >= 0.6 is 0 Å². The van der Waals surface area contributed by atoms with Gasteiger partial charge in [-0.15, -0.1) is 0 Å². The molecule has 0 amide bonds. The van der Waals surface area contributed by atoms with E-state index >= 15 is 0 Å². The van der Waals surface area contributed by atoms with Crippen LogP contribution < -0.4 is 4.90 Å². The summed E-state index contributed by atoms with van der Waals surface area (Å²) in [7, 11) is 0. The summed E-state index contributed by atoms with van der Waals surface area (Å²) >= 11 is 0. The Labute approximate surface area is 359 Å². The lowest BCUT2D eigenvalue weighted by Gasteiger charge is -2.54. The van der Waals surface area contributed by atoms with Crippen molar-refractivity contribution in [3.63, 3.8) is 0 Å². The van der Waals surface area contributed by atoms with Gasteiger partial charge in [0.1, 0.15) is 0 Å². The fourth-order valence-electron chi connectivity index (χ4n) is 15.1. The fourth-order valence-corrected chi connectivity index (χ4v) is 15.1. The van der Waals surface area contributed by atoms with Gasteiger partial charge in [-0.25, -0.2) is 0 Å². The number of rotatable bonds is 5. The second-order valence-electron chi connectivity index (χ2n) is 20.2. The molecule has 3 bridgehead atoms. The van der Waals surface area contributed by atoms with Crippen molar-refractivity contribution in [1.29, 1.82) is 0 Å². The van der Waals surface area contributed by atoms with Crippen molar-refractivity contribution in [3.05, 3.63) is 198 Å². The number of nitrogens with zero attached hydrogens (tertiary/aromatic N) is 1. The minimum atomic E-state index is -0.0889. The predicted octanol–water partition coefficient (Wildman–Crippen LogP) is 15.7. The molecule has 1 heteroatoms. The van der Waals surface area contributed by atoms with Gasteiger partial charge >= 0.3 is 0 Å². The molecular formula is C60H49N. The minimum absolute atomic E-state index is 0.0889. The molecule has 4 saturated carbocycles. The van der Waals surface area contributed by atoms with Crippen LogP contribution in [0.1, 0.15) is 68.2 Å². The number of hydrogen-bond donors (Lipinski definition) is 0. The third kappa shape index (κ3) is 4.37. The average Bonchev–Trinajstić information content (AvgIpc) is 3.86. The van der Waals surface area contributed by atoms with E-state index in [2.05, 4.69) is 195 Å². The maximum atomic E-state index is 2.54. The molecular weight excluding hydrogens is 735 g/mol. The first-order valence-electron chi connectivity index (χ1n) is 22.9. The van der Waals surface area contributed by atoms with E-state index in [4.69, 9.17) is 0 Å². The summed E-state index contributed by atoms with van der Waals surface area (Å²) in [5, 5.41) is 2.55. The lowest BCUT2D eigenvalue weighted by Crippen LogP contribution is -2.50. The van der Waals surface area contributed by atoms with E-state index in [1.807, 2.05) is 0 Å². The van der Waals surface area contributed by atoms with Crippen molar-refractivity contribution in [1.82, 2.24) is 0 Å². The van der Waals surface area contributed by atoms with Crippen LogP contribution in [0.3, 0.4) is 0 Å². The highest BCUT2D eigenvalue weighted by atomic mass is 15.1. The van der Waals surface area contributed by atoms with E-state index in [1.165, 1.54) is 110 Å². The first-order chi connectivity index (χ1) is 29.9. The van der Waals surface area contributed by atoms with Crippen molar-refractivity contribution in [2.75, 3.05) is 4.90 Å². The quantitative estimate of drug-likeness (QED) is 0.168. The third-order valence-corrected chi connectivity index (χ3v) is 17.4. The van der Waals surface area contributed by atoms with Crippen LogP contribution in [0.2, 0.25) is 0 Å². The largest absolute Gasteiger partial charge is 0.310 e. The molecule has 6 aliphatic rings. The SMILES string of the molecule is CC1(C)c2ccccc2-c2ccc(N(c3ccc(-c4cccc5c4-c4ccccc4C54C5CC6CC7CC4C7(C6)C5)cc3)c3ccc(-c4cccc5ccccc45)cc3)cc21. The molecule has 4 fully saturated rings. The number of fused-ring (bicyclic) bond motifs is 13. The molecule has 0 radical (unpaired) electrons. The first kappa shape index (κ1) is 34.5. The summed E-state index contributed by atoms with van der Waals surface area (Å²) in [6.07, 6.45) is 7.31. The van der Waals surface area contributed by atoms with Gasteiger partial charge in [0.2, 0.25) is 0 Å². The lowest BCUT2D eigenvalue weighted by atomic mass is 9.49. The molecule has 0 aromatic heterocycles. The molecule has 14 rings (SSSR count). The van der Waals surface area contributed by atoms with Gasteiger partial charge in [0, 0.05) is 27.9 Å². The number of benzene rings is 8. The first-order valence-corrected chi connectivity index (χ1v) is 22.9. The number of hydrogen-bond acceptors (Lipinski definition) is 1. The van der Waals surface area contributed by atoms with E-state index in [0.29, 0.717) is 5.41 Å². The molecule has 2 spiro atoms. The zero-order chi connectivity index (χ0) is 40.2. The topological polar surface area (TPSA) is 3.24 Å². The maximum absolute atomic E-state index is 2.54. The van der Waals surface area contributed by atoms with Gasteiger partial charge < -0.3 is 4.90 Å². The van der Waals surface area contributed by atoms with E-state index in [0.717, 1.165) is 29.4 Å². The van der Waals surface area contributed by atoms with Gasteiger partial charge in [-0.2, -0.15) is 0 Å². The van der Waals surface area contributed by atoms with E-state index < -0.39 is 0 Å². The summed E-state index contributed by atoms with van der Waals surface area (Å²) in [5.74, 6) is 3.50.